The van der Waals surface area contributed by atoms with E-state index in [1.165, 1.54) is 18.4 Å². The van der Waals surface area contributed by atoms with Gasteiger partial charge in [0.2, 0.25) is 0 Å². The normalized spacial score (nSPS) is 24.5. The second kappa shape index (κ2) is 6.80. The molecule has 0 amide bonds. The summed E-state index contributed by atoms with van der Waals surface area (Å²) in [6, 6.07) is 9.61. The van der Waals surface area contributed by atoms with Gasteiger partial charge in [-0.05, 0) is 49.5 Å². The van der Waals surface area contributed by atoms with Crippen LogP contribution in [0.2, 0.25) is 0 Å². The Bertz CT molecular complexity index is 441. The molecule has 0 aliphatic heterocycles. The van der Waals surface area contributed by atoms with Crippen LogP contribution in [0.5, 0.6) is 5.75 Å². The lowest BCUT2D eigenvalue weighted by Gasteiger charge is -2.36. The molecule has 1 aliphatic carbocycles. The van der Waals surface area contributed by atoms with Crippen LogP contribution < -0.4 is 10.1 Å². The number of hydrogen-bond acceptors (Lipinski definition) is 3. The van der Waals surface area contributed by atoms with Crippen molar-refractivity contribution in [2.24, 2.45) is 5.41 Å². The van der Waals surface area contributed by atoms with Crippen LogP contribution in [0.15, 0.2) is 24.3 Å². The molecule has 2 unspecified atom stereocenters. The van der Waals surface area contributed by atoms with Crippen molar-refractivity contribution >= 4 is 0 Å². The van der Waals surface area contributed by atoms with E-state index < -0.39 is 0 Å². The van der Waals surface area contributed by atoms with Crippen molar-refractivity contribution in [2.75, 3.05) is 20.7 Å². The Morgan fingerprint density at radius 3 is 2.52 bits per heavy atom. The van der Waals surface area contributed by atoms with Crippen LogP contribution in [0, 0.1) is 5.41 Å². The lowest BCUT2D eigenvalue weighted by Crippen LogP contribution is -2.50. The average molecular weight is 290 g/mol. The molecule has 3 nitrogen and oxygen atoms in total. The third-order valence-electron chi connectivity index (χ3n) is 4.89. The van der Waals surface area contributed by atoms with Crippen molar-refractivity contribution in [3.63, 3.8) is 0 Å². The molecule has 1 fully saturated rings. The average Bonchev–Trinajstić information content (AvgIpc) is 2.76. The molecule has 0 heterocycles. The minimum atomic E-state index is 0.384. The van der Waals surface area contributed by atoms with E-state index >= 15 is 0 Å². The summed E-state index contributed by atoms with van der Waals surface area (Å²) in [5, 5.41) is 3.71. The molecular weight excluding hydrogens is 260 g/mol. The predicted molar refractivity (Wildman–Crippen MR) is 88.7 cm³/mol. The number of nitrogens with zero attached hydrogens (tertiary/aromatic N) is 1. The van der Waals surface area contributed by atoms with E-state index in [0.717, 1.165) is 18.8 Å². The van der Waals surface area contributed by atoms with Gasteiger partial charge in [-0.3, -0.25) is 4.90 Å². The highest BCUT2D eigenvalue weighted by atomic mass is 16.5. The standard InChI is InChI=1S/C18H30N2O/c1-6-19-17-16(11-12-18(17,2)3)20(4)13-14-7-9-15(21-5)10-8-14/h7-10,16-17,19H,6,11-13H2,1-5H3. The fourth-order valence-corrected chi connectivity index (χ4v) is 3.61. The Balaban J connectivity index is 2.03. The summed E-state index contributed by atoms with van der Waals surface area (Å²) < 4.78 is 5.23. The van der Waals surface area contributed by atoms with Crippen LogP contribution in [0.25, 0.3) is 0 Å². The number of methoxy groups -OCH3 is 1. The van der Waals surface area contributed by atoms with E-state index in [9.17, 15) is 0 Å². The Kier molecular flexibility index (Phi) is 5.28. The van der Waals surface area contributed by atoms with E-state index in [1.807, 2.05) is 12.1 Å². The zero-order valence-corrected chi connectivity index (χ0v) is 14.1. The molecule has 0 bridgehead atoms. The zero-order chi connectivity index (χ0) is 15.5. The van der Waals surface area contributed by atoms with Gasteiger partial charge >= 0.3 is 0 Å². The van der Waals surface area contributed by atoms with E-state index in [0.29, 0.717) is 17.5 Å². The second-order valence-corrected chi connectivity index (χ2v) is 6.89. The van der Waals surface area contributed by atoms with Crippen molar-refractivity contribution in [3.05, 3.63) is 29.8 Å². The minimum Gasteiger partial charge on any atom is -0.497 e. The fraction of sp³-hybridized carbons (Fsp3) is 0.667. The SMILES string of the molecule is CCNC1C(N(C)Cc2ccc(OC)cc2)CCC1(C)C. The summed E-state index contributed by atoms with van der Waals surface area (Å²) in [5.74, 6) is 0.925. The lowest BCUT2D eigenvalue weighted by molar-refractivity contribution is 0.167. The Hall–Kier alpha value is -1.06. The maximum absolute atomic E-state index is 5.23. The number of benzene rings is 1. The summed E-state index contributed by atoms with van der Waals surface area (Å²) >= 11 is 0. The molecule has 118 valence electrons. The van der Waals surface area contributed by atoms with Gasteiger partial charge in [-0.1, -0.05) is 32.9 Å². The lowest BCUT2D eigenvalue weighted by atomic mass is 9.86. The smallest absolute Gasteiger partial charge is 0.118 e. The molecule has 3 heteroatoms. The highest BCUT2D eigenvalue weighted by Crippen LogP contribution is 2.39. The highest BCUT2D eigenvalue weighted by molar-refractivity contribution is 5.27. The van der Waals surface area contributed by atoms with Crippen LogP contribution in [-0.2, 0) is 6.54 Å². The summed E-state index contributed by atoms with van der Waals surface area (Å²) in [4.78, 5) is 2.50. The quantitative estimate of drug-likeness (QED) is 0.870. The monoisotopic (exact) mass is 290 g/mol. The zero-order valence-electron chi connectivity index (χ0n) is 14.1. The fourth-order valence-electron chi connectivity index (χ4n) is 3.61. The molecule has 2 atom stereocenters. The number of likely N-dealkylation sites (N-methyl/N-ethyl adjacent to an activating group) is 2. The molecule has 1 aromatic rings. The van der Waals surface area contributed by atoms with Gasteiger partial charge in [0.25, 0.3) is 0 Å². The number of hydrogen-bond donors (Lipinski definition) is 1. The predicted octanol–water partition coefficient (Wildman–Crippen LogP) is 3.29. The molecule has 21 heavy (non-hydrogen) atoms. The molecule has 1 saturated carbocycles. The third-order valence-corrected chi connectivity index (χ3v) is 4.89. The number of nitrogens with one attached hydrogen (secondary N) is 1. The molecule has 1 aromatic carbocycles. The van der Waals surface area contributed by atoms with Crippen molar-refractivity contribution < 1.29 is 4.74 Å². The highest BCUT2D eigenvalue weighted by Gasteiger charge is 2.42. The summed E-state index contributed by atoms with van der Waals surface area (Å²) in [6.45, 7) is 9.02. The first-order valence-corrected chi connectivity index (χ1v) is 8.04. The van der Waals surface area contributed by atoms with E-state index in [2.05, 4.69) is 50.2 Å². The first-order valence-electron chi connectivity index (χ1n) is 8.04. The number of ether oxygens (including phenoxy) is 1. The molecule has 0 radical (unpaired) electrons. The summed E-state index contributed by atoms with van der Waals surface area (Å²) in [7, 11) is 3.96. The molecule has 1 N–H and O–H groups in total. The van der Waals surface area contributed by atoms with Crippen LogP contribution in [0.1, 0.15) is 39.2 Å². The van der Waals surface area contributed by atoms with Crippen LogP contribution in [-0.4, -0.2) is 37.7 Å². The molecular formula is C18H30N2O. The van der Waals surface area contributed by atoms with Crippen LogP contribution in [0.4, 0.5) is 0 Å². The van der Waals surface area contributed by atoms with Crippen molar-refractivity contribution in [3.8, 4) is 5.75 Å². The van der Waals surface area contributed by atoms with Gasteiger partial charge in [-0.2, -0.15) is 0 Å². The maximum Gasteiger partial charge on any atom is 0.118 e. The van der Waals surface area contributed by atoms with Crippen molar-refractivity contribution in [2.45, 2.75) is 52.2 Å². The van der Waals surface area contributed by atoms with Gasteiger partial charge in [-0.25, -0.2) is 0 Å². The van der Waals surface area contributed by atoms with Gasteiger partial charge in [0, 0.05) is 18.6 Å². The van der Waals surface area contributed by atoms with Crippen molar-refractivity contribution in [1.29, 1.82) is 0 Å². The van der Waals surface area contributed by atoms with Gasteiger partial charge in [0.15, 0.2) is 0 Å². The summed E-state index contributed by atoms with van der Waals surface area (Å²) in [5.41, 5.74) is 1.73. The summed E-state index contributed by atoms with van der Waals surface area (Å²) in [6.07, 6.45) is 2.57. The van der Waals surface area contributed by atoms with Crippen molar-refractivity contribution in [1.82, 2.24) is 10.2 Å². The van der Waals surface area contributed by atoms with E-state index in [1.54, 1.807) is 7.11 Å². The molecule has 1 aliphatic rings. The van der Waals surface area contributed by atoms with Gasteiger partial charge in [-0.15, -0.1) is 0 Å². The molecule has 0 saturated heterocycles. The van der Waals surface area contributed by atoms with E-state index in [4.69, 9.17) is 4.74 Å². The minimum absolute atomic E-state index is 0.384. The topological polar surface area (TPSA) is 24.5 Å². The third kappa shape index (κ3) is 3.78. The first-order chi connectivity index (χ1) is 9.97. The Morgan fingerprint density at radius 2 is 1.95 bits per heavy atom. The van der Waals surface area contributed by atoms with Gasteiger partial charge in [0.1, 0.15) is 5.75 Å². The van der Waals surface area contributed by atoms with Gasteiger partial charge < -0.3 is 10.1 Å². The van der Waals surface area contributed by atoms with E-state index in [-0.39, 0.29) is 0 Å². The van der Waals surface area contributed by atoms with Crippen LogP contribution in [0.3, 0.4) is 0 Å². The second-order valence-electron chi connectivity index (χ2n) is 6.89. The maximum atomic E-state index is 5.23. The molecule has 2 rings (SSSR count). The number of rotatable bonds is 6. The molecule has 0 aromatic heterocycles. The van der Waals surface area contributed by atoms with Crippen LogP contribution >= 0.6 is 0 Å². The largest absolute Gasteiger partial charge is 0.497 e. The Labute approximate surface area is 129 Å². The van der Waals surface area contributed by atoms with Gasteiger partial charge in [0.05, 0.1) is 7.11 Å². The first kappa shape index (κ1) is 16.3. The Morgan fingerprint density at radius 1 is 1.29 bits per heavy atom. The molecule has 0 spiro atoms.